The monoisotopic (exact) mass is 394 g/mol. The molecule has 0 radical (unpaired) electrons. The summed E-state index contributed by atoms with van der Waals surface area (Å²) in [5.74, 6) is -0.0530. The highest BCUT2D eigenvalue weighted by atomic mass is 35.5. The number of fused-ring (bicyclic) bond motifs is 1. The number of carbonyl (C=O) groups is 1. The second-order valence-corrected chi connectivity index (χ2v) is 7.62. The van der Waals surface area contributed by atoms with E-state index < -0.39 is 0 Å². The number of pyridine rings is 1. The molecule has 1 aliphatic carbocycles. The predicted octanol–water partition coefficient (Wildman–Crippen LogP) is 4.46. The zero-order chi connectivity index (χ0) is 19.5. The van der Waals surface area contributed by atoms with Crippen LogP contribution < -0.4 is 0 Å². The minimum atomic E-state index is -0.0530. The van der Waals surface area contributed by atoms with Gasteiger partial charge in [-0.25, -0.2) is 9.67 Å². The van der Waals surface area contributed by atoms with Crippen LogP contribution in [-0.2, 0) is 19.4 Å². The molecule has 0 N–H and O–H groups in total. The molecule has 2 heterocycles. The van der Waals surface area contributed by atoms with Crippen LogP contribution in [0.2, 0.25) is 5.15 Å². The van der Waals surface area contributed by atoms with Crippen LogP contribution in [0, 0.1) is 0 Å². The summed E-state index contributed by atoms with van der Waals surface area (Å²) >= 11 is 5.86. The standard InChI is InChI=1S/C22H23ClN4O/c1-26(15-16-12-13-20(23)24-14-16)22(28)21-18-10-6-3-7-11-19(18)27(25-21)17-8-4-2-5-9-17/h2,4-5,8-9,12-14H,3,6-7,10-11,15H2,1H3. The summed E-state index contributed by atoms with van der Waals surface area (Å²) in [5.41, 5.74) is 4.80. The Morgan fingerprint density at radius 2 is 1.89 bits per heavy atom. The van der Waals surface area contributed by atoms with E-state index in [1.807, 2.05) is 48.1 Å². The highest BCUT2D eigenvalue weighted by molar-refractivity contribution is 6.29. The van der Waals surface area contributed by atoms with E-state index in [9.17, 15) is 4.79 Å². The number of hydrogen-bond acceptors (Lipinski definition) is 3. The van der Waals surface area contributed by atoms with E-state index in [0.29, 0.717) is 17.4 Å². The van der Waals surface area contributed by atoms with Crippen molar-refractivity contribution < 1.29 is 4.79 Å². The van der Waals surface area contributed by atoms with Gasteiger partial charge in [-0.15, -0.1) is 0 Å². The van der Waals surface area contributed by atoms with Crippen molar-refractivity contribution in [3.8, 4) is 5.69 Å². The molecule has 4 rings (SSSR count). The van der Waals surface area contributed by atoms with Gasteiger partial charge in [-0.2, -0.15) is 5.10 Å². The lowest BCUT2D eigenvalue weighted by atomic mass is 10.1. The first-order valence-corrected chi connectivity index (χ1v) is 10.0. The number of benzene rings is 1. The Kier molecular flexibility index (Phi) is 5.44. The highest BCUT2D eigenvalue weighted by Gasteiger charge is 2.26. The molecular formula is C22H23ClN4O. The molecule has 1 amide bonds. The van der Waals surface area contributed by atoms with Gasteiger partial charge in [-0.1, -0.05) is 42.3 Å². The summed E-state index contributed by atoms with van der Waals surface area (Å²) < 4.78 is 1.96. The lowest BCUT2D eigenvalue weighted by Crippen LogP contribution is -2.27. The summed E-state index contributed by atoms with van der Waals surface area (Å²) in [6.45, 7) is 0.468. The van der Waals surface area contributed by atoms with Crippen molar-refractivity contribution in [2.45, 2.75) is 38.6 Å². The Morgan fingerprint density at radius 3 is 2.64 bits per heavy atom. The van der Waals surface area contributed by atoms with Gasteiger partial charge in [0.2, 0.25) is 0 Å². The molecule has 0 fully saturated rings. The Hall–Kier alpha value is -2.66. The Morgan fingerprint density at radius 1 is 1.11 bits per heavy atom. The third-order valence-electron chi connectivity index (χ3n) is 5.19. The van der Waals surface area contributed by atoms with E-state index in [1.165, 1.54) is 12.1 Å². The molecular weight excluding hydrogens is 372 g/mol. The van der Waals surface area contributed by atoms with Crippen LogP contribution in [-0.4, -0.2) is 32.6 Å². The van der Waals surface area contributed by atoms with Crippen LogP contribution in [0.25, 0.3) is 5.69 Å². The first kappa shape index (κ1) is 18.7. The van der Waals surface area contributed by atoms with E-state index in [4.69, 9.17) is 16.7 Å². The molecule has 2 aromatic heterocycles. The van der Waals surface area contributed by atoms with E-state index in [-0.39, 0.29) is 5.91 Å². The van der Waals surface area contributed by atoms with Crippen molar-refractivity contribution in [3.05, 3.63) is 76.3 Å². The fourth-order valence-corrected chi connectivity index (χ4v) is 3.87. The first-order chi connectivity index (χ1) is 13.6. The van der Waals surface area contributed by atoms with Gasteiger partial charge in [0, 0.05) is 31.0 Å². The molecule has 3 aromatic rings. The molecule has 0 saturated carbocycles. The zero-order valence-corrected chi connectivity index (χ0v) is 16.7. The Bertz CT molecular complexity index is 966. The van der Waals surface area contributed by atoms with Crippen molar-refractivity contribution in [1.82, 2.24) is 19.7 Å². The van der Waals surface area contributed by atoms with E-state index in [2.05, 4.69) is 4.98 Å². The minimum Gasteiger partial charge on any atom is -0.336 e. The van der Waals surface area contributed by atoms with Crippen LogP contribution in [0.3, 0.4) is 0 Å². The predicted molar refractivity (Wildman–Crippen MR) is 110 cm³/mol. The second-order valence-electron chi connectivity index (χ2n) is 7.23. The van der Waals surface area contributed by atoms with Gasteiger partial charge in [0.05, 0.1) is 5.69 Å². The number of para-hydroxylation sites is 1. The second kappa shape index (κ2) is 8.15. The molecule has 0 unspecified atom stereocenters. The zero-order valence-electron chi connectivity index (χ0n) is 15.9. The van der Waals surface area contributed by atoms with Crippen LogP contribution in [0.15, 0.2) is 48.7 Å². The molecule has 6 heteroatoms. The normalized spacial score (nSPS) is 13.6. The Labute approximate surface area is 170 Å². The topological polar surface area (TPSA) is 51.0 Å². The van der Waals surface area contributed by atoms with Gasteiger partial charge >= 0.3 is 0 Å². The third-order valence-corrected chi connectivity index (χ3v) is 5.41. The van der Waals surface area contributed by atoms with Crippen molar-refractivity contribution in [2.75, 3.05) is 7.05 Å². The molecule has 28 heavy (non-hydrogen) atoms. The number of hydrogen-bond donors (Lipinski definition) is 0. The minimum absolute atomic E-state index is 0.0530. The van der Waals surface area contributed by atoms with Crippen molar-refractivity contribution in [1.29, 1.82) is 0 Å². The van der Waals surface area contributed by atoms with Crippen molar-refractivity contribution >= 4 is 17.5 Å². The smallest absolute Gasteiger partial charge is 0.274 e. The summed E-state index contributed by atoms with van der Waals surface area (Å²) in [5, 5.41) is 5.22. The molecule has 0 spiro atoms. The van der Waals surface area contributed by atoms with E-state index >= 15 is 0 Å². The number of rotatable bonds is 4. The summed E-state index contributed by atoms with van der Waals surface area (Å²) in [6.07, 6.45) is 6.97. The molecule has 1 aliphatic rings. The fourth-order valence-electron chi connectivity index (χ4n) is 3.76. The molecule has 0 saturated heterocycles. The molecule has 5 nitrogen and oxygen atoms in total. The van der Waals surface area contributed by atoms with E-state index in [1.54, 1.807) is 17.2 Å². The summed E-state index contributed by atoms with van der Waals surface area (Å²) in [4.78, 5) is 19.0. The highest BCUT2D eigenvalue weighted by Crippen LogP contribution is 2.27. The first-order valence-electron chi connectivity index (χ1n) is 9.65. The molecule has 0 bridgehead atoms. The van der Waals surface area contributed by atoms with Gasteiger partial charge in [0.15, 0.2) is 5.69 Å². The largest absolute Gasteiger partial charge is 0.336 e. The summed E-state index contributed by atoms with van der Waals surface area (Å²) in [6, 6.07) is 13.7. The average molecular weight is 395 g/mol. The van der Waals surface area contributed by atoms with Crippen LogP contribution in [0.4, 0.5) is 0 Å². The molecule has 0 atom stereocenters. The maximum absolute atomic E-state index is 13.2. The number of nitrogens with zero attached hydrogens (tertiary/aromatic N) is 4. The number of halogens is 1. The number of aromatic nitrogens is 3. The Balaban J connectivity index is 1.67. The fraction of sp³-hybridized carbons (Fsp3) is 0.318. The van der Waals surface area contributed by atoms with Gasteiger partial charge in [0.25, 0.3) is 5.91 Å². The SMILES string of the molecule is CN(Cc1ccc(Cl)nc1)C(=O)c1nn(-c2ccccc2)c2c1CCCCC2. The van der Waals surface area contributed by atoms with Gasteiger partial charge in [0.1, 0.15) is 5.15 Å². The number of amides is 1. The maximum Gasteiger partial charge on any atom is 0.274 e. The van der Waals surface area contributed by atoms with Crippen LogP contribution in [0.5, 0.6) is 0 Å². The van der Waals surface area contributed by atoms with Gasteiger partial charge in [-0.3, -0.25) is 4.79 Å². The lowest BCUT2D eigenvalue weighted by molar-refractivity contribution is 0.0777. The van der Waals surface area contributed by atoms with Gasteiger partial charge < -0.3 is 4.90 Å². The van der Waals surface area contributed by atoms with Gasteiger partial charge in [-0.05, 0) is 49.4 Å². The average Bonchev–Trinajstić information content (AvgIpc) is 2.90. The van der Waals surface area contributed by atoms with Crippen molar-refractivity contribution in [2.24, 2.45) is 0 Å². The maximum atomic E-state index is 13.2. The molecule has 144 valence electrons. The van der Waals surface area contributed by atoms with E-state index in [0.717, 1.165) is 42.5 Å². The third kappa shape index (κ3) is 3.80. The molecule has 0 aliphatic heterocycles. The van der Waals surface area contributed by atoms with Crippen LogP contribution in [0.1, 0.15) is 46.6 Å². The lowest BCUT2D eigenvalue weighted by Gasteiger charge is -2.16. The quantitative estimate of drug-likeness (QED) is 0.485. The van der Waals surface area contributed by atoms with Crippen LogP contribution >= 0.6 is 11.6 Å². The molecule has 1 aromatic carbocycles. The van der Waals surface area contributed by atoms with Crippen molar-refractivity contribution in [3.63, 3.8) is 0 Å². The summed E-state index contributed by atoms with van der Waals surface area (Å²) in [7, 11) is 1.81. The number of carbonyl (C=O) groups excluding carboxylic acids is 1.